The Morgan fingerprint density at radius 1 is 1.14 bits per heavy atom. The highest BCUT2D eigenvalue weighted by atomic mass is 79.9. The molecule has 178 valence electrons. The monoisotopic (exact) mass is 535 g/mol. The number of tetrazole rings is 1. The van der Waals surface area contributed by atoms with Crippen LogP contribution in [0.15, 0.2) is 63.5 Å². The molecule has 0 fully saturated rings. The molecular weight excluding hydrogens is 514 g/mol. The normalized spacial score (nSPS) is 11.2. The van der Waals surface area contributed by atoms with Gasteiger partial charge in [0.15, 0.2) is 11.6 Å². The van der Waals surface area contributed by atoms with Gasteiger partial charge in [0, 0.05) is 20.0 Å². The Morgan fingerprint density at radius 3 is 2.80 bits per heavy atom. The maximum absolute atomic E-state index is 12.9. The third-order valence-electron chi connectivity index (χ3n) is 5.60. The highest BCUT2D eigenvalue weighted by Gasteiger charge is 2.20. The number of nitrogens with one attached hydrogen (secondary N) is 1. The number of ether oxygens (including phenoxy) is 2. The van der Waals surface area contributed by atoms with Crippen molar-refractivity contribution in [2.75, 3.05) is 7.05 Å². The highest BCUT2D eigenvalue weighted by Crippen LogP contribution is 2.35. The molecule has 0 saturated carbocycles. The van der Waals surface area contributed by atoms with E-state index in [4.69, 9.17) is 13.9 Å². The van der Waals surface area contributed by atoms with Crippen LogP contribution < -0.4 is 9.47 Å². The van der Waals surface area contributed by atoms with Gasteiger partial charge in [-0.1, -0.05) is 37.3 Å². The summed E-state index contributed by atoms with van der Waals surface area (Å²) in [6.07, 6.45) is 0.180. The topological polar surface area (TPSA) is 106 Å². The Balaban J connectivity index is 1.30. The number of nitrogens with zero attached hydrogens (tertiary/aromatic N) is 4. The SMILES string of the molecule is CCc1oc2ccccc2c1OC(=O)N(C)Cc1ccc2c(Br)c(OCc3nnn[nH]3)ccc2c1. The number of amides is 1. The lowest BCUT2D eigenvalue weighted by atomic mass is 10.1. The lowest BCUT2D eigenvalue weighted by Gasteiger charge is -2.17. The number of hydrogen-bond donors (Lipinski definition) is 1. The van der Waals surface area contributed by atoms with Crippen molar-refractivity contribution in [1.29, 1.82) is 0 Å². The van der Waals surface area contributed by atoms with Crippen LogP contribution in [0.4, 0.5) is 4.79 Å². The zero-order valence-corrected chi connectivity index (χ0v) is 20.7. The van der Waals surface area contributed by atoms with Gasteiger partial charge in [-0.15, -0.1) is 5.10 Å². The number of benzene rings is 3. The first kappa shape index (κ1) is 22.9. The third-order valence-corrected chi connectivity index (χ3v) is 6.41. The summed E-state index contributed by atoms with van der Waals surface area (Å²) >= 11 is 3.63. The molecular formula is C25H22BrN5O4. The molecule has 3 aromatic carbocycles. The number of fused-ring (bicyclic) bond motifs is 2. The van der Waals surface area contributed by atoms with E-state index in [1.54, 1.807) is 11.9 Å². The first-order chi connectivity index (χ1) is 17.0. The number of H-pyrrole nitrogens is 1. The minimum Gasteiger partial charge on any atom is -0.484 e. The molecule has 0 bridgehead atoms. The molecule has 0 aliphatic rings. The maximum atomic E-state index is 12.9. The number of aromatic amines is 1. The summed E-state index contributed by atoms with van der Waals surface area (Å²) in [6, 6.07) is 17.4. The molecule has 10 heteroatoms. The van der Waals surface area contributed by atoms with E-state index in [9.17, 15) is 4.79 Å². The number of carbonyl (C=O) groups is 1. The van der Waals surface area contributed by atoms with Gasteiger partial charge in [0.2, 0.25) is 0 Å². The van der Waals surface area contributed by atoms with Crippen LogP contribution in [0.3, 0.4) is 0 Å². The minimum absolute atomic E-state index is 0.230. The van der Waals surface area contributed by atoms with Gasteiger partial charge in [0.1, 0.15) is 23.7 Å². The first-order valence-electron chi connectivity index (χ1n) is 11.0. The van der Waals surface area contributed by atoms with Crippen molar-refractivity contribution in [3.05, 3.63) is 76.2 Å². The fraction of sp³-hybridized carbons (Fsp3) is 0.200. The summed E-state index contributed by atoms with van der Waals surface area (Å²) in [5.41, 5.74) is 1.67. The van der Waals surface area contributed by atoms with Gasteiger partial charge in [-0.3, -0.25) is 0 Å². The van der Waals surface area contributed by atoms with Crippen LogP contribution >= 0.6 is 15.9 Å². The van der Waals surface area contributed by atoms with E-state index < -0.39 is 6.09 Å². The van der Waals surface area contributed by atoms with E-state index >= 15 is 0 Å². The second kappa shape index (κ2) is 9.75. The minimum atomic E-state index is -0.446. The molecule has 1 N–H and O–H groups in total. The summed E-state index contributed by atoms with van der Waals surface area (Å²) in [5, 5.41) is 16.4. The van der Waals surface area contributed by atoms with Gasteiger partial charge in [-0.05, 0) is 67.0 Å². The van der Waals surface area contributed by atoms with Crippen LogP contribution in [0, 0.1) is 0 Å². The maximum Gasteiger partial charge on any atom is 0.415 e. The molecule has 0 unspecified atom stereocenters. The summed E-state index contributed by atoms with van der Waals surface area (Å²) in [5.74, 6) is 2.36. The molecule has 9 nitrogen and oxygen atoms in total. The molecule has 1 amide bonds. The molecule has 5 rings (SSSR count). The zero-order chi connectivity index (χ0) is 24.4. The van der Waals surface area contributed by atoms with E-state index in [1.807, 2.05) is 61.5 Å². The van der Waals surface area contributed by atoms with Crippen LogP contribution in [0.1, 0.15) is 24.1 Å². The van der Waals surface area contributed by atoms with E-state index in [0.29, 0.717) is 41.6 Å². The number of halogens is 1. The molecule has 0 atom stereocenters. The van der Waals surface area contributed by atoms with Crippen LogP contribution in [0.25, 0.3) is 21.7 Å². The molecule has 0 aliphatic heterocycles. The quantitative estimate of drug-likeness (QED) is 0.287. The second-order valence-electron chi connectivity index (χ2n) is 8.00. The van der Waals surface area contributed by atoms with Gasteiger partial charge in [0.25, 0.3) is 0 Å². The largest absolute Gasteiger partial charge is 0.484 e. The van der Waals surface area contributed by atoms with Gasteiger partial charge < -0.3 is 18.8 Å². The molecule has 0 aliphatic carbocycles. The van der Waals surface area contributed by atoms with E-state index in [-0.39, 0.29) is 6.61 Å². The Hall–Kier alpha value is -3.92. The van der Waals surface area contributed by atoms with Crippen molar-refractivity contribution >= 4 is 43.8 Å². The molecule has 0 radical (unpaired) electrons. The van der Waals surface area contributed by atoms with Crippen LogP contribution in [0.2, 0.25) is 0 Å². The second-order valence-corrected chi connectivity index (χ2v) is 8.79. The van der Waals surface area contributed by atoms with Gasteiger partial charge in [-0.2, -0.15) is 0 Å². The van der Waals surface area contributed by atoms with Crippen molar-refractivity contribution in [1.82, 2.24) is 25.5 Å². The summed E-state index contributed by atoms with van der Waals surface area (Å²) < 4.78 is 18.2. The number of para-hydroxylation sites is 1. The van der Waals surface area contributed by atoms with Crippen molar-refractivity contribution in [2.24, 2.45) is 0 Å². The zero-order valence-electron chi connectivity index (χ0n) is 19.1. The van der Waals surface area contributed by atoms with Gasteiger partial charge in [0.05, 0.1) is 9.86 Å². The Morgan fingerprint density at radius 2 is 2.00 bits per heavy atom. The highest BCUT2D eigenvalue weighted by molar-refractivity contribution is 9.10. The van der Waals surface area contributed by atoms with Crippen molar-refractivity contribution in [3.8, 4) is 11.5 Å². The third kappa shape index (κ3) is 4.69. The van der Waals surface area contributed by atoms with Crippen LogP contribution in [-0.4, -0.2) is 38.7 Å². The fourth-order valence-corrected chi connectivity index (χ4v) is 4.45. The Bertz CT molecular complexity index is 1500. The van der Waals surface area contributed by atoms with E-state index in [2.05, 4.69) is 36.6 Å². The molecule has 0 saturated heterocycles. The van der Waals surface area contributed by atoms with Crippen molar-refractivity contribution in [3.63, 3.8) is 0 Å². The van der Waals surface area contributed by atoms with Crippen LogP contribution in [-0.2, 0) is 19.6 Å². The lowest BCUT2D eigenvalue weighted by molar-refractivity contribution is 0.160. The van der Waals surface area contributed by atoms with Crippen molar-refractivity contribution in [2.45, 2.75) is 26.5 Å². The van der Waals surface area contributed by atoms with Crippen LogP contribution in [0.5, 0.6) is 11.5 Å². The average molecular weight is 536 g/mol. The molecule has 2 heterocycles. The number of aromatic nitrogens is 4. The van der Waals surface area contributed by atoms with E-state index in [0.717, 1.165) is 26.2 Å². The number of rotatable bonds is 7. The number of aryl methyl sites for hydroxylation is 1. The number of carbonyl (C=O) groups excluding carboxylic acids is 1. The summed E-state index contributed by atoms with van der Waals surface area (Å²) in [7, 11) is 1.71. The molecule has 0 spiro atoms. The van der Waals surface area contributed by atoms with E-state index in [1.165, 1.54) is 0 Å². The number of furan rings is 1. The molecule has 35 heavy (non-hydrogen) atoms. The Kier molecular flexibility index (Phi) is 6.37. The fourth-order valence-electron chi connectivity index (χ4n) is 3.84. The number of hydrogen-bond acceptors (Lipinski definition) is 7. The predicted molar refractivity (Wildman–Crippen MR) is 133 cm³/mol. The average Bonchev–Trinajstić information content (AvgIpc) is 3.51. The van der Waals surface area contributed by atoms with Gasteiger partial charge >= 0.3 is 6.09 Å². The predicted octanol–water partition coefficient (Wildman–Crippen LogP) is 5.63. The standard InChI is InChI=1S/C25H22BrN5O4/c1-3-19-24(18-6-4-5-7-20(18)34-19)35-25(32)31(2)13-15-8-10-17-16(12-15)9-11-21(23(17)26)33-14-22-27-29-30-28-22/h4-12H,3,13-14H2,1-2H3,(H,27,28,29,30). The Labute approximate surface area is 209 Å². The smallest absolute Gasteiger partial charge is 0.415 e. The molecule has 2 aromatic heterocycles. The summed E-state index contributed by atoms with van der Waals surface area (Å²) in [4.78, 5) is 14.4. The lowest BCUT2D eigenvalue weighted by Crippen LogP contribution is -2.29. The van der Waals surface area contributed by atoms with Gasteiger partial charge in [-0.25, -0.2) is 9.89 Å². The molecule has 5 aromatic rings. The summed E-state index contributed by atoms with van der Waals surface area (Å²) in [6.45, 7) is 2.59. The first-order valence-corrected chi connectivity index (χ1v) is 11.8. The van der Waals surface area contributed by atoms with Crippen molar-refractivity contribution < 1.29 is 18.7 Å².